The molecule has 0 aliphatic heterocycles. The van der Waals surface area contributed by atoms with Gasteiger partial charge in [0.2, 0.25) is 0 Å². The van der Waals surface area contributed by atoms with Gasteiger partial charge in [-0.15, -0.1) is 0 Å². The number of aliphatic carboxylic acids is 2. The fourth-order valence-electron chi connectivity index (χ4n) is 6.64. The number of hydrogen-bond acceptors (Lipinski definition) is 3. The van der Waals surface area contributed by atoms with E-state index in [1.54, 1.807) is 0 Å². The van der Waals surface area contributed by atoms with Crippen LogP contribution in [-0.4, -0.2) is 33.7 Å². The Bertz CT molecular complexity index is 640. The van der Waals surface area contributed by atoms with Crippen LogP contribution in [-0.2, 0) is 9.59 Å². The third-order valence-corrected chi connectivity index (χ3v) is 11.1. The summed E-state index contributed by atoms with van der Waals surface area (Å²) >= 11 is 1.53. The summed E-state index contributed by atoms with van der Waals surface area (Å²) in [6.45, 7) is 4.55. The van der Waals surface area contributed by atoms with Gasteiger partial charge in [0.25, 0.3) is 0 Å². The van der Waals surface area contributed by atoms with Gasteiger partial charge in [-0.3, -0.25) is 9.59 Å². The van der Waals surface area contributed by atoms with Crippen LogP contribution < -0.4 is 0 Å². The average Bonchev–Trinajstić information content (AvgIpc) is 3.02. The van der Waals surface area contributed by atoms with E-state index in [1.807, 2.05) is 0 Å². The van der Waals surface area contributed by atoms with Gasteiger partial charge in [0, 0.05) is 11.5 Å². The van der Waals surface area contributed by atoms with Gasteiger partial charge in [-0.1, -0.05) is 206 Å². The van der Waals surface area contributed by atoms with Gasteiger partial charge < -0.3 is 10.2 Å². The van der Waals surface area contributed by atoms with E-state index in [2.05, 4.69) is 13.8 Å². The summed E-state index contributed by atoms with van der Waals surface area (Å²) in [4.78, 5) is 23.6. The number of carboxylic acids is 2. The molecule has 0 fully saturated rings. The molecule has 4 nitrogen and oxygen atoms in total. The van der Waals surface area contributed by atoms with Crippen molar-refractivity contribution in [3.63, 3.8) is 0 Å². The highest BCUT2D eigenvalue weighted by Gasteiger charge is 2.37. The molecule has 0 aliphatic rings. The molecule has 268 valence electrons. The summed E-state index contributed by atoms with van der Waals surface area (Å²) in [5.74, 6) is -0.413. The minimum absolute atomic E-state index is 0.109. The van der Waals surface area contributed by atoms with Gasteiger partial charge in [0.15, 0.2) is 0 Å². The van der Waals surface area contributed by atoms with Crippen LogP contribution in [0.25, 0.3) is 0 Å². The van der Waals surface area contributed by atoms with E-state index in [4.69, 9.17) is 5.11 Å². The van der Waals surface area contributed by atoms with Crippen molar-refractivity contribution >= 4 is 23.7 Å². The first-order valence-corrected chi connectivity index (χ1v) is 21.2. The van der Waals surface area contributed by atoms with Gasteiger partial charge >= 0.3 is 11.9 Å². The van der Waals surface area contributed by atoms with Crippen molar-refractivity contribution in [2.75, 3.05) is 11.5 Å². The molecule has 1 atom stereocenters. The van der Waals surface area contributed by atoms with Gasteiger partial charge in [-0.2, -0.15) is 11.8 Å². The Morgan fingerprint density at radius 2 is 0.711 bits per heavy atom. The molecule has 0 spiro atoms. The minimum atomic E-state index is -0.798. The van der Waals surface area contributed by atoms with E-state index < -0.39 is 17.4 Å². The Morgan fingerprint density at radius 1 is 0.444 bits per heavy atom. The molecule has 45 heavy (non-hydrogen) atoms. The SMILES string of the molecule is CCCCCCCCCCCCCCCCCCC(CCCCCCCCCCCCCCCC)(CSCCC(=O)O)C(=O)O. The monoisotopic (exact) mass is 655 g/mol. The summed E-state index contributed by atoms with van der Waals surface area (Å²) in [5, 5.41) is 19.4. The van der Waals surface area contributed by atoms with Crippen molar-refractivity contribution in [1.29, 1.82) is 0 Å². The molecular formula is C40H78O4S. The summed E-state index contributed by atoms with van der Waals surface area (Å²) in [7, 11) is 0. The highest BCUT2D eigenvalue weighted by molar-refractivity contribution is 7.99. The fourth-order valence-corrected chi connectivity index (χ4v) is 7.91. The standard InChI is InChI=1S/C40H78O4S/c1-3-5-7-9-11-13-15-17-19-20-22-24-26-28-30-32-35-40(39(43)44,37-45-36-33-38(41)42)34-31-29-27-25-23-21-18-16-14-12-10-8-6-4-2/h3-37H2,1-2H3,(H,41,42)(H,43,44). The first-order chi connectivity index (χ1) is 22.0. The molecular weight excluding hydrogens is 577 g/mol. The third kappa shape index (κ3) is 30.4. The van der Waals surface area contributed by atoms with Crippen LogP contribution in [0.1, 0.15) is 226 Å². The molecule has 1 unspecified atom stereocenters. The zero-order valence-electron chi connectivity index (χ0n) is 30.4. The van der Waals surface area contributed by atoms with E-state index in [1.165, 1.54) is 179 Å². The second-order valence-electron chi connectivity index (χ2n) is 14.2. The molecule has 0 aromatic heterocycles. The maximum Gasteiger partial charge on any atom is 0.310 e. The second kappa shape index (κ2) is 34.6. The van der Waals surface area contributed by atoms with Crippen molar-refractivity contribution in [2.24, 2.45) is 5.41 Å². The number of unbranched alkanes of at least 4 members (excludes halogenated alkanes) is 28. The van der Waals surface area contributed by atoms with Gasteiger partial charge in [0.1, 0.15) is 0 Å². The fraction of sp³-hybridized carbons (Fsp3) is 0.950. The zero-order chi connectivity index (χ0) is 33.1. The van der Waals surface area contributed by atoms with E-state index in [0.29, 0.717) is 11.5 Å². The summed E-state index contributed by atoms with van der Waals surface area (Å²) in [6, 6.07) is 0. The zero-order valence-corrected chi connectivity index (χ0v) is 31.2. The maximum absolute atomic E-state index is 12.6. The van der Waals surface area contributed by atoms with E-state index in [-0.39, 0.29) is 6.42 Å². The number of hydrogen-bond donors (Lipinski definition) is 2. The molecule has 0 rings (SSSR count). The van der Waals surface area contributed by atoms with Crippen LogP contribution >= 0.6 is 11.8 Å². The van der Waals surface area contributed by atoms with Crippen LogP contribution in [0.5, 0.6) is 0 Å². The molecule has 0 aromatic rings. The highest BCUT2D eigenvalue weighted by atomic mass is 32.2. The quantitative estimate of drug-likeness (QED) is 0.0648. The number of carbonyl (C=O) groups is 2. The molecule has 0 bridgehead atoms. The summed E-state index contributed by atoms with van der Waals surface area (Å²) < 4.78 is 0. The lowest BCUT2D eigenvalue weighted by Crippen LogP contribution is -2.34. The molecule has 5 heteroatoms. The summed E-state index contributed by atoms with van der Waals surface area (Å²) in [5.41, 5.74) is -0.698. The predicted molar refractivity (Wildman–Crippen MR) is 199 cm³/mol. The molecule has 0 amide bonds. The van der Waals surface area contributed by atoms with Crippen molar-refractivity contribution in [3.8, 4) is 0 Å². The van der Waals surface area contributed by atoms with Gasteiger partial charge in [-0.25, -0.2) is 0 Å². The van der Waals surface area contributed by atoms with Crippen molar-refractivity contribution in [3.05, 3.63) is 0 Å². The number of rotatable bonds is 38. The van der Waals surface area contributed by atoms with Crippen LogP contribution in [0.2, 0.25) is 0 Å². The lowest BCUT2D eigenvalue weighted by Gasteiger charge is -2.29. The number of carboxylic acid groups (broad SMARTS) is 2. The van der Waals surface area contributed by atoms with Gasteiger partial charge in [-0.05, 0) is 12.8 Å². The van der Waals surface area contributed by atoms with Crippen molar-refractivity contribution in [2.45, 2.75) is 226 Å². The maximum atomic E-state index is 12.6. The average molecular weight is 655 g/mol. The molecule has 0 heterocycles. The Kier molecular flexibility index (Phi) is 34.1. The van der Waals surface area contributed by atoms with Gasteiger partial charge in [0.05, 0.1) is 11.8 Å². The van der Waals surface area contributed by atoms with Crippen LogP contribution in [0, 0.1) is 5.41 Å². The van der Waals surface area contributed by atoms with E-state index in [0.717, 1.165) is 38.5 Å². The smallest absolute Gasteiger partial charge is 0.310 e. The summed E-state index contributed by atoms with van der Waals surface area (Å²) in [6.07, 6.45) is 41.0. The highest BCUT2D eigenvalue weighted by Crippen LogP contribution is 2.36. The molecule has 0 aromatic carbocycles. The first-order valence-electron chi connectivity index (χ1n) is 20.0. The normalized spacial score (nSPS) is 12.8. The Morgan fingerprint density at radius 3 is 0.956 bits per heavy atom. The second-order valence-corrected chi connectivity index (χ2v) is 15.3. The Balaban J connectivity index is 4.12. The molecule has 0 saturated carbocycles. The molecule has 0 aliphatic carbocycles. The van der Waals surface area contributed by atoms with E-state index in [9.17, 15) is 14.7 Å². The Labute approximate surface area is 285 Å². The third-order valence-electron chi connectivity index (χ3n) is 9.81. The largest absolute Gasteiger partial charge is 0.481 e. The van der Waals surface area contributed by atoms with Crippen molar-refractivity contribution in [1.82, 2.24) is 0 Å². The first kappa shape index (κ1) is 44.3. The lowest BCUT2D eigenvalue weighted by atomic mass is 9.79. The van der Waals surface area contributed by atoms with E-state index >= 15 is 0 Å². The Hall–Kier alpha value is -0.710. The lowest BCUT2D eigenvalue weighted by molar-refractivity contribution is -0.148. The molecule has 0 radical (unpaired) electrons. The van der Waals surface area contributed by atoms with Crippen LogP contribution in [0.3, 0.4) is 0 Å². The molecule has 2 N–H and O–H groups in total. The predicted octanol–water partition coefficient (Wildman–Crippen LogP) is 13.8. The van der Waals surface area contributed by atoms with Crippen molar-refractivity contribution < 1.29 is 19.8 Å². The van der Waals surface area contributed by atoms with Crippen LogP contribution in [0.4, 0.5) is 0 Å². The topological polar surface area (TPSA) is 74.6 Å². The minimum Gasteiger partial charge on any atom is -0.481 e. The molecule has 0 saturated heterocycles. The number of thioether (sulfide) groups is 1. The van der Waals surface area contributed by atoms with Crippen LogP contribution in [0.15, 0.2) is 0 Å².